The summed E-state index contributed by atoms with van der Waals surface area (Å²) in [5, 5.41) is 0. The summed E-state index contributed by atoms with van der Waals surface area (Å²) >= 11 is 8.15. The molecular weight excluding hydrogens is 329 g/mol. The standard InChI is InChI=1S/C14H11BrFNOS/c15-10-6-5-9(12(16)7-10)8-18-13-4-2-1-3-11(13)14(17)19/h1-7H,8H2,(H2,17,19). The van der Waals surface area contributed by atoms with Crippen LogP contribution in [0.3, 0.4) is 0 Å². The maximum atomic E-state index is 13.7. The average Bonchev–Trinajstić information content (AvgIpc) is 2.38. The van der Waals surface area contributed by atoms with Crippen LogP contribution in [0.4, 0.5) is 4.39 Å². The molecule has 0 heterocycles. The molecule has 0 bridgehead atoms. The Bertz CT molecular complexity index is 618. The summed E-state index contributed by atoms with van der Waals surface area (Å²) < 4.78 is 19.9. The van der Waals surface area contributed by atoms with Crippen LogP contribution in [0.2, 0.25) is 0 Å². The molecule has 0 aliphatic carbocycles. The van der Waals surface area contributed by atoms with Gasteiger partial charge in [-0.3, -0.25) is 0 Å². The van der Waals surface area contributed by atoms with Crippen molar-refractivity contribution >= 4 is 33.1 Å². The lowest BCUT2D eigenvalue weighted by atomic mass is 10.2. The molecule has 5 heteroatoms. The number of halogens is 2. The first-order chi connectivity index (χ1) is 9.08. The second-order valence-corrected chi connectivity index (χ2v) is 5.24. The zero-order valence-corrected chi connectivity index (χ0v) is 12.3. The molecule has 0 aliphatic rings. The third kappa shape index (κ3) is 3.52. The summed E-state index contributed by atoms with van der Waals surface area (Å²) in [7, 11) is 0. The predicted octanol–water partition coefficient (Wildman–Crippen LogP) is 3.80. The van der Waals surface area contributed by atoms with Gasteiger partial charge in [0.05, 0.1) is 5.56 Å². The molecule has 0 unspecified atom stereocenters. The predicted molar refractivity (Wildman–Crippen MR) is 80.8 cm³/mol. The zero-order valence-electron chi connectivity index (χ0n) is 9.90. The number of thiocarbonyl (C=S) groups is 1. The lowest BCUT2D eigenvalue weighted by Gasteiger charge is -2.11. The van der Waals surface area contributed by atoms with Crippen LogP contribution in [-0.4, -0.2) is 4.99 Å². The summed E-state index contributed by atoms with van der Waals surface area (Å²) in [4.78, 5) is 0.256. The molecule has 2 rings (SSSR count). The number of nitrogens with two attached hydrogens (primary N) is 1. The molecule has 0 spiro atoms. The zero-order chi connectivity index (χ0) is 13.8. The van der Waals surface area contributed by atoms with E-state index in [1.807, 2.05) is 12.1 Å². The van der Waals surface area contributed by atoms with Crippen LogP contribution in [0.1, 0.15) is 11.1 Å². The van der Waals surface area contributed by atoms with Crippen LogP contribution in [-0.2, 0) is 6.61 Å². The largest absolute Gasteiger partial charge is 0.488 e. The Morgan fingerprint density at radius 2 is 2.00 bits per heavy atom. The number of benzene rings is 2. The molecule has 0 saturated carbocycles. The highest BCUT2D eigenvalue weighted by atomic mass is 79.9. The van der Waals surface area contributed by atoms with Crippen LogP contribution >= 0.6 is 28.1 Å². The maximum absolute atomic E-state index is 13.7. The lowest BCUT2D eigenvalue weighted by Crippen LogP contribution is -2.11. The van der Waals surface area contributed by atoms with Crippen LogP contribution < -0.4 is 10.5 Å². The van der Waals surface area contributed by atoms with E-state index in [1.54, 1.807) is 24.3 Å². The van der Waals surface area contributed by atoms with Crippen molar-refractivity contribution < 1.29 is 9.13 Å². The summed E-state index contributed by atoms with van der Waals surface area (Å²) in [6.07, 6.45) is 0. The highest BCUT2D eigenvalue weighted by molar-refractivity contribution is 9.10. The smallest absolute Gasteiger partial charge is 0.130 e. The van der Waals surface area contributed by atoms with E-state index in [1.165, 1.54) is 6.07 Å². The minimum atomic E-state index is -0.317. The van der Waals surface area contributed by atoms with Crippen LogP contribution in [0.5, 0.6) is 5.75 Å². The fourth-order valence-corrected chi connectivity index (χ4v) is 2.09. The molecule has 0 radical (unpaired) electrons. The maximum Gasteiger partial charge on any atom is 0.130 e. The van der Waals surface area contributed by atoms with E-state index in [4.69, 9.17) is 22.7 Å². The Kier molecular flexibility index (Phi) is 4.50. The van der Waals surface area contributed by atoms with E-state index in [9.17, 15) is 4.39 Å². The van der Waals surface area contributed by atoms with Gasteiger partial charge < -0.3 is 10.5 Å². The Balaban J connectivity index is 2.17. The molecule has 0 atom stereocenters. The third-order valence-corrected chi connectivity index (χ3v) is 3.26. The van der Waals surface area contributed by atoms with Gasteiger partial charge in [-0.2, -0.15) is 0 Å². The third-order valence-electron chi connectivity index (χ3n) is 2.55. The molecule has 0 fully saturated rings. The van der Waals surface area contributed by atoms with Crippen LogP contribution in [0, 0.1) is 5.82 Å². The molecular formula is C14H11BrFNOS. The minimum absolute atomic E-state index is 0.124. The van der Waals surface area contributed by atoms with Gasteiger partial charge in [-0.25, -0.2) is 4.39 Å². The Morgan fingerprint density at radius 3 is 2.68 bits per heavy atom. The molecule has 98 valence electrons. The van der Waals surface area contributed by atoms with E-state index < -0.39 is 0 Å². The van der Waals surface area contributed by atoms with Gasteiger partial charge in [-0.1, -0.05) is 46.3 Å². The summed E-state index contributed by atoms with van der Waals surface area (Å²) in [5.41, 5.74) is 6.73. The van der Waals surface area contributed by atoms with Crippen molar-refractivity contribution in [2.75, 3.05) is 0 Å². The highest BCUT2D eigenvalue weighted by Crippen LogP contribution is 2.21. The van der Waals surface area contributed by atoms with Gasteiger partial charge >= 0.3 is 0 Å². The van der Waals surface area contributed by atoms with E-state index >= 15 is 0 Å². The van der Waals surface area contributed by atoms with Crippen molar-refractivity contribution in [3.05, 3.63) is 63.9 Å². The second kappa shape index (κ2) is 6.12. The van der Waals surface area contributed by atoms with Gasteiger partial charge in [0.15, 0.2) is 0 Å². The second-order valence-electron chi connectivity index (χ2n) is 3.88. The van der Waals surface area contributed by atoms with Gasteiger partial charge in [0.25, 0.3) is 0 Å². The van der Waals surface area contributed by atoms with Gasteiger partial charge in [0, 0.05) is 10.0 Å². The van der Waals surface area contributed by atoms with Crippen molar-refractivity contribution in [1.29, 1.82) is 0 Å². The molecule has 2 aromatic carbocycles. The number of hydrogen-bond donors (Lipinski definition) is 1. The first-order valence-electron chi connectivity index (χ1n) is 5.53. The Hall–Kier alpha value is -1.46. The van der Waals surface area contributed by atoms with Crippen molar-refractivity contribution in [2.45, 2.75) is 6.61 Å². The Morgan fingerprint density at radius 1 is 1.26 bits per heavy atom. The molecule has 0 saturated heterocycles. The summed E-state index contributed by atoms with van der Waals surface area (Å²) in [6.45, 7) is 0.124. The minimum Gasteiger partial charge on any atom is -0.488 e. The van der Waals surface area contributed by atoms with E-state index in [2.05, 4.69) is 15.9 Å². The average molecular weight is 340 g/mol. The number of ether oxygens (including phenoxy) is 1. The molecule has 19 heavy (non-hydrogen) atoms. The van der Waals surface area contributed by atoms with E-state index in [0.29, 0.717) is 21.3 Å². The van der Waals surface area contributed by atoms with E-state index in [0.717, 1.165) is 0 Å². The van der Waals surface area contributed by atoms with Gasteiger partial charge in [0.2, 0.25) is 0 Å². The lowest BCUT2D eigenvalue weighted by molar-refractivity contribution is 0.299. The fraction of sp³-hybridized carbons (Fsp3) is 0.0714. The quantitative estimate of drug-likeness (QED) is 0.860. The Labute approximate surface area is 124 Å². The monoisotopic (exact) mass is 339 g/mol. The van der Waals surface area contributed by atoms with Crippen molar-refractivity contribution in [2.24, 2.45) is 5.73 Å². The first-order valence-corrected chi connectivity index (χ1v) is 6.73. The van der Waals surface area contributed by atoms with E-state index in [-0.39, 0.29) is 17.4 Å². The number of para-hydroxylation sites is 1. The van der Waals surface area contributed by atoms with Crippen molar-refractivity contribution in [3.8, 4) is 5.75 Å². The highest BCUT2D eigenvalue weighted by Gasteiger charge is 2.08. The molecule has 0 aromatic heterocycles. The van der Waals surface area contributed by atoms with Gasteiger partial charge in [-0.15, -0.1) is 0 Å². The fourth-order valence-electron chi connectivity index (χ4n) is 1.59. The first kappa shape index (κ1) is 14.0. The molecule has 0 aliphatic heterocycles. The number of hydrogen-bond acceptors (Lipinski definition) is 2. The van der Waals surface area contributed by atoms with Crippen LogP contribution in [0.25, 0.3) is 0 Å². The van der Waals surface area contributed by atoms with Gasteiger partial charge in [-0.05, 0) is 24.3 Å². The topological polar surface area (TPSA) is 35.2 Å². The van der Waals surface area contributed by atoms with Crippen molar-refractivity contribution in [3.63, 3.8) is 0 Å². The van der Waals surface area contributed by atoms with Crippen molar-refractivity contribution in [1.82, 2.24) is 0 Å². The normalized spacial score (nSPS) is 10.2. The van der Waals surface area contributed by atoms with Crippen LogP contribution in [0.15, 0.2) is 46.9 Å². The SMILES string of the molecule is NC(=S)c1ccccc1OCc1ccc(Br)cc1F. The summed E-state index contributed by atoms with van der Waals surface area (Å²) in [5.74, 6) is 0.236. The van der Waals surface area contributed by atoms with Gasteiger partial charge in [0.1, 0.15) is 23.2 Å². The summed E-state index contributed by atoms with van der Waals surface area (Å²) in [6, 6.07) is 12.0. The molecule has 2 aromatic rings. The molecule has 2 nitrogen and oxygen atoms in total. The molecule has 2 N–H and O–H groups in total. The number of rotatable bonds is 4. The molecule has 0 amide bonds.